The third kappa shape index (κ3) is 2.79. The zero-order valence-corrected chi connectivity index (χ0v) is 15.0. The minimum Gasteiger partial charge on any atom is -0.319 e. The van der Waals surface area contributed by atoms with Crippen molar-refractivity contribution < 1.29 is 9.59 Å². The smallest absolute Gasteiger partial charge is 0.319 e. The first kappa shape index (κ1) is 17.1. The van der Waals surface area contributed by atoms with E-state index in [4.69, 9.17) is 0 Å². The second-order valence-electron chi connectivity index (χ2n) is 6.58. The summed E-state index contributed by atoms with van der Waals surface area (Å²) in [4.78, 5) is 26.8. The molecule has 0 saturated carbocycles. The summed E-state index contributed by atoms with van der Waals surface area (Å²) in [5.41, 5.74) is 0.708. The molecule has 7 heteroatoms. The molecule has 1 saturated heterocycles. The number of imide groups is 1. The van der Waals surface area contributed by atoms with Crippen LogP contribution in [0.25, 0.3) is 0 Å². The molecule has 0 unspecified atom stereocenters. The maximum atomic E-state index is 13.1. The van der Waals surface area contributed by atoms with Gasteiger partial charge in [-0.1, -0.05) is 31.2 Å². The molecular formula is C18H23N5O2. The summed E-state index contributed by atoms with van der Waals surface area (Å²) >= 11 is 0. The van der Waals surface area contributed by atoms with E-state index < -0.39 is 11.6 Å². The molecule has 0 spiro atoms. The van der Waals surface area contributed by atoms with E-state index in [1.165, 1.54) is 4.90 Å². The summed E-state index contributed by atoms with van der Waals surface area (Å²) in [6.07, 6.45) is 0.924. The number of hydrogen-bond acceptors (Lipinski definition) is 4. The Kier molecular flexibility index (Phi) is 4.32. The van der Waals surface area contributed by atoms with Crippen LogP contribution in [0.4, 0.5) is 4.79 Å². The number of rotatable bonds is 5. The van der Waals surface area contributed by atoms with Gasteiger partial charge in [0, 0.05) is 6.54 Å². The molecule has 0 radical (unpaired) electrons. The minimum absolute atomic E-state index is 0.118. The van der Waals surface area contributed by atoms with E-state index in [1.54, 1.807) is 6.92 Å². The Morgan fingerprint density at radius 1 is 1.16 bits per heavy atom. The van der Waals surface area contributed by atoms with Gasteiger partial charge in [0.25, 0.3) is 5.91 Å². The predicted molar refractivity (Wildman–Crippen MR) is 92.7 cm³/mol. The monoisotopic (exact) mass is 341 g/mol. The highest BCUT2D eigenvalue weighted by Gasteiger charge is 2.49. The van der Waals surface area contributed by atoms with E-state index in [9.17, 15) is 9.59 Å². The molecule has 1 fully saturated rings. The van der Waals surface area contributed by atoms with Crippen molar-refractivity contribution in [2.75, 3.05) is 0 Å². The molecule has 0 aliphatic carbocycles. The van der Waals surface area contributed by atoms with Crippen LogP contribution in [-0.2, 0) is 23.4 Å². The molecule has 0 bridgehead atoms. The zero-order valence-electron chi connectivity index (χ0n) is 15.0. The van der Waals surface area contributed by atoms with Crippen molar-refractivity contribution in [2.45, 2.75) is 52.7 Å². The van der Waals surface area contributed by atoms with Crippen molar-refractivity contribution in [2.24, 2.45) is 0 Å². The van der Waals surface area contributed by atoms with Crippen molar-refractivity contribution in [3.8, 4) is 0 Å². The first-order chi connectivity index (χ1) is 11.9. The van der Waals surface area contributed by atoms with Gasteiger partial charge in [0.1, 0.15) is 11.4 Å². The van der Waals surface area contributed by atoms with Gasteiger partial charge in [0.2, 0.25) is 0 Å². The lowest BCUT2D eigenvalue weighted by Crippen LogP contribution is -2.41. The molecule has 1 aromatic heterocycles. The minimum atomic E-state index is -1.06. The van der Waals surface area contributed by atoms with Crippen LogP contribution in [0.1, 0.15) is 43.0 Å². The largest absolute Gasteiger partial charge is 0.325 e. The molecule has 7 nitrogen and oxygen atoms in total. The third-order valence-electron chi connectivity index (χ3n) is 4.72. The number of amides is 3. The second kappa shape index (κ2) is 6.31. The molecule has 1 N–H and O–H groups in total. The fourth-order valence-electron chi connectivity index (χ4n) is 3.35. The van der Waals surface area contributed by atoms with Gasteiger partial charge in [-0.3, -0.25) is 9.69 Å². The van der Waals surface area contributed by atoms with Crippen molar-refractivity contribution in [3.63, 3.8) is 0 Å². The lowest BCUT2D eigenvalue weighted by molar-refractivity contribution is -0.131. The standard InChI is InChI=1S/C18H23N5O2/c1-5-10-22-13(3)20-21-15(22)11-23-16(24)18(4,19-17(23)25)14-9-7-6-8-12(14)2/h6-9H,5,10-11H2,1-4H3,(H,19,25)/t18-/m1/s1. The van der Waals surface area contributed by atoms with E-state index >= 15 is 0 Å². The van der Waals surface area contributed by atoms with E-state index in [-0.39, 0.29) is 12.5 Å². The zero-order chi connectivity index (χ0) is 18.2. The maximum absolute atomic E-state index is 13.1. The van der Waals surface area contributed by atoms with Crippen LogP contribution in [0.2, 0.25) is 0 Å². The number of carbonyl (C=O) groups excluding carboxylic acids is 2. The number of hydrogen-bond donors (Lipinski definition) is 1. The fourth-order valence-corrected chi connectivity index (χ4v) is 3.35. The number of carbonyl (C=O) groups is 2. The average Bonchev–Trinajstić information content (AvgIpc) is 3.02. The number of urea groups is 1. The number of aromatic nitrogens is 3. The molecule has 1 aromatic carbocycles. The summed E-state index contributed by atoms with van der Waals surface area (Å²) in [6.45, 7) is 8.49. The SMILES string of the molecule is CCCn1c(C)nnc1CN1C(=O)N[C@](C)(c2ccccc2C)C1=O. The predicted octanol–water partition coefficient (Wildman–Crippen LogP) is 2.27. The molecule has 1 aliphatic heterocycles. The van der Waals surface area contributed by atoms with Crippen LogP contribution in [0.5, 0.6) is 0 Å². The number of aryl methyl sites for hydroxylation is 2. The van der Waals surface area contributed by atoms with E-state index in [1.807, 2.05) is 42.7 Å². The summed E-state index contributed by atoms with van der Waals surface area (Å²) in [7, 11) is 0. The quantitative estimate of drug-likeness (QED) is 0.846. The van der Waals surface area contributed by atoms with Gasteiger partial charge in [0.05, 0.1) is 6.54 Å². The number of nitrogens with zero attached hydrogens (tertiary/aromatic N) is 4. The first-order valence-electron chi connectivity index (χ1n) is 8.47. The Balaban J connectivity index is 1.91. The van der Waals surface area contributed by atoms with Gasteiger partial charge in [-0.05, 0) is 38.3 Å². The highest BCUT2D eigenvalue weighted by Crippen LogP contribution is 2.31. The van der Waals surface area contributed by atoms with Crippen LogP contribution >= 0.6 is 0 Å². The lowest BCUT2D eigenvalue weighted by atomic mass is 9.88. The normalized spacial score (nSPS) is 20.2. The van der Waals surface area contributed by atoms with E-state index in [0.29, 0.717) is 5.82 Å². The summed E-state index contributed by atoms with van der Waals surface area (Å²) < 4.78 is 1.95. The molecular weight excluding hydrogens is 318 g/mol. The topological polar surface area (TPSA) is 80.1 Å². The summed E-state index contributed by atoms with van der Waals surface area (Å²) in [6, 6.07) is 7.19. The Bertz CT molecular complexity index is 829. The lowest BCUT2D eigenvalue weighted by Gasteiger charge is -2.24. The second-order valence-corrected chi connectivity index (χ2v) is 6.58. The summed E-state index contributed by atoms with van der Waals surface area (Å²) in [5, 5.41) is 11.1. The van der Waals surface area contributed by atoms with Crippen LogP contribution in [0.15, 0.2) is 24.3 Å². The van der Waals surface area contributed by atoms with Gasteiger partial charge < -0.3 is 9.88 Å². The molecule has 2 heterocycles. The Labute approximate surface area is 147 Å². The van der Waals surface area contributed by atoms with Crippen LogP contribution in [-0.4, -0.2) is 31.6 Å². The van der Waals surface area contributed by atoms with Crippen molar-refractivity contribution in [1.29, 1.82) is 0 Å². The molecule has 3 rings (SSSR count). The van der Waals surface area contributed by atoms with Crippen molar-refractivity contribution in [1.82, 2.24) is 25.0 Å². The Morgan fingerprint density at radius 3 is 2.56 bits per heavy atom. The first-order valence-corrected chi connectivity index (χ1v) is 8.47. The van der Waals surface area contributed by atoms with Gasteiger partial charge >= 0.3 is 6.03 Å². The Hall–Kier alpha value is -2.70. The number of nitrogens with one attached hydrogen (secondary N) is 1. The average molecular weight is 341 g/mol. The molecule has 1 aliphatic rings. The van der Waals surface area contributed by atoms with Crippen molar-refractivity contribution in [3.05, 3.63) is 47.0 Å². The van der Waals surface area contributed by atoms with Crippen LogP contribution < -0.4 is 5.32 Å². The van der Waals surface area contributed by atoms with Gasteiger partial charge in [0.15, 0.2) is 5.82 Å². The van der Waals surface area contributed by atoms with Gasteiger partial charge in [-0.2, -0.15) is 0 Å². The van der Waals surface area contributed by atoms with E-state index in [2.05, 4.69) is 22.4 Å². The molecule has 132 valence electrons. The maximum Gasteiger partial charge on any atom is 0.325 e. The fraction of sp³-hybridized carbons (Fsp3) is 0.444. The highest BCUT2D eigenvalue weighted by molar-refractivity contribution is 6.07. The highest BCUT2D eigenvalue weighted by atomic mass is 16.2. The molecule has 25 heavy (non-hydrogen) atoms. The molecule has 1 atom stereocenters. The van der Waals surface area contributed by atoms with Crippen LogP contribution in [0.3, 0.4) is 0 Å². The van der Waals surface area contributed by atoms with Crippen LogP contribution in [0, 0.1) is 13.8 Å². The van der Waals surface area contributed by atoms with Gasteiger partial charge in [-0.25, -0.2) is 4.79 Å². The molecule has 2 aromatic rings. The van der Waals surface area contributed by atoms with E-state index in [0.717, 1.165) is 29.9 Å². The molecule has 3 amide bonds. The summed E-state index contributed by atoms with van der Waals surface area (Å²) in [5.74, 6) is 1.14. The van der Waals surface area contributed by atoms with Crippen molar-refractivity contribution >= 4 is 11.9 Å². The van der Waals surface area contributed by atoms with Gasteiger partial charge in [-0.15, -0.1) is 10.2 Å². The third-order valence-corrected chi connectivity index (χ3v) is 4.72. The number of benzene rings is 1. The Morgan fingerprint density at radius 2 is 1.88 bits per heavy atom.